The first-order valence-corrected chi connectivity index (χ1v) is 9.88. The molecule has 3 aromatic rings. The highest BCUT2D eigenvalue weighted by atomic mass is 35.5. The number of hydrogen-bond donors (Lipinski definition) is 1. The minimum Gasteiger partial charge on any atom is -0.473 e. The second-order valence-corrected chi connectivity index (χ2v) is 6.61. The lowest BCUT2D eigenvalue weighted by molar-refractivity contribution is -0.138. The van der Waals surface area contributed by atoms with Crippen molar-refractivity contribution >= 4 is 29.0 Å². The number of anilines is 1. The van der Waals surface area contributed by atoms with Crippen molar-refractivity contribution in [1.29, 1.82) is 0 Å². The summed E-state index contributed by atoms with van der Waals surface area (Å²) in [4.78, 5) is 33.2. The van der Waals surface area contributed by atoms with Crippen LogP contribution in [0.15, 0.2) is 78.8 Å². The zero-order valence-corrected chi connectivity index (χ0v) is 17.5. The number of carbonyl (C=O) groups is 2. The maximum absolute atomic E-state index is 12.8. The Morgan fingerprint density at radius 2 is 1.87 bits per heavy atom. The van der Waals surface area contributed by atoms with Crippen LogP contribution in [0.4, 0.5) is 5.69 Å². The summed E-state index contributed by atoms with van der Waals surface area (Å²) in [5.41, 5.74) is 1.48. The molecule has 0 bridgehead atoms. The number of Topliss-reactive ketones (excluding diaryl/α,β-unsaturated/α-hetero) is 1. The highest BCUT2D eigenvalue weighted by Crippen LogP contribution is 2.19. The van der Waals surface area contributed by atoms with Gasteiger partial charge >= 0.3 is 5.97 Å². The summed E-state index contributed by atoms with van der Waals surface area (Å²) >= 11 is 6.00. The maximum Gasteiger partial charge on any atom is 0.343 e. The first kappa shape index (κ1) is 22.0. The lowest BCUT2D eigenvalue weighted by Crippen LogP contribution is -2.18. The number of pyridine rings is 2. The van der Waals surface area contributed by atoms with Gasteiger partial charge < -0.3 is 14.8 Å². The van der Waals surface area contributed by atoms with Crippen LogP contribution in [0.25, 0.3) is 0 Å². The van der Waals surface area contributed by atoms with Gasteiger partial charge in [0.05, 0.1) is 24.1 Å². The molecule has 1 N–H and O–H groups in total. The number of ketones is 1. The fraction of sp³-hybridized carbons (Fsp3) is 0.130. The van der Waals surface area contributed by atoms with E-state index in [2.05, 4.69) is 15.3 Å². The molecule has 3 rings (SSSR count). The number of carbonyl (C=O) groups excluding carboxylic acids is 2. The number of aromatic nitrogens is 2. The average Bonchev–Trinajstić information content (AvgIpc) is 2.79. The predicted molar refractivity (Wildman–Crippen MR) is 117 cm³/mol. The number of rotatable bonds is 9. The first-order valence-electron chi connectivity index (χ1n) is 9.50. The van der Waals surface area contributed by atoms with Gasteiger partial charge in [-0.15, -0.1) is 0 Å². The Morgan fingerprint density at radius 1 is 1.06 bits per heavy atom. The molecule has 7 nitrogen and oxygen atoms in total. The molecule has 0 atom stereocenters. The van der Waals surface area contributed by atoms with E-state index < -0.39 is 11.8 Å². The van der Waals surface area contributed by atoms with E-state index in [0.717, 1.165) is 5.56 Å². The molecule has 0 fully saturated rings. The molecule has 0 saturated heterocycles. The van der Waals surface area contributed by atoms with E-state index in [1.165, 1.54) is 24.7 Å². The fourth-order valence-corrected chi connectivity index (χ4v) is 2.77. The van der Waals surface area contributed by atoms with Crippen molar-refractivity contribution in [3.63, 3.8) is 0 Å². The third kappa shape index (κ3) is 6.13. The average molecular weight is 438 g/mol. The summed E-state index contributed by atoms with van der Waals surface area (Å²) < 4.78 is 10.6. The number of ether oxygens (including phenoxy) is 2. The van der Waals surface area contributed by atoms with Crippen molar-refractivity contribution in [3.05, 3.63) is 95.0 Å². The minimum atomic E-state index is -0.768. The number of esters is 1. The summed E-state index contributed by atoms with van der Waals surface area (Å²) in [6.45, 7) is 2.18. The van der Waals surface area contributed by atoms with E-state index >= 15 is 0 Å². The van der Waals surface area contributed by atoms with Crippen molar-refractivity contribution in [1.82, 2.24) is 9.97 Å². The molecule has 158 valence electrons. The quantitative estimate of drug-likeness (QED) is 0.132. The van der Waals surface area contributed by atoms with Gasteiger partial charge in [-0.1, -0.05) is 41.9 Å². The third-order valence-electron chi connectivity index (χ3n) is 4.09. The summed E-state index contributed by atoms with van der Waals surface area (Å²) in [5.74, 6) is -0.919. The number of nitrogens with one attached hydrogen (secondary N) is 1. The molecular weight excluding hydrogens is 418 g/mol. The van der Waals surface area contributed by atoms with E-state index in [1.54, 1.807) is 25.1 Å². The van der Waals surface area contributed by atoms with E-state index in [0.29, 0.717) is 18.2 Å². The topological polar surface area (TPSA) is 90.4 Å². The Balaban J connectivity index is 1.71. The molecule has 0 aliphatic carbocycles. The summed E-state index contributed by atoms with van der Waals surface area (Å²) in [6.07, 6.45) is 4.25. The Labute approximate surface area is 184 Å². The summed E-state index contributed by atoms with van der Waals surface area (Å²) in [5, 5.41) is 2.89. The standard InChI is InChI=1S/C23H20ClN3O4/c1-2-30-23(29)19(21(28)18-9-6-12-25-22(18)24)14-26-17-10-11-20(27-13-17)31-15-16-7-4-3-5-8-16/h3-14,26H,2,15H2,1H3. The highest BCUT2D eigenvalue weighted by Gasteiger charge is 2.23. The molecule has 0 unspecified atom stereocenters. The van der Waals surface area contributed by atoms with E-state index in [1.807, 2.05) is 30.3 Å². The number of hydrogen-bond acceptors (Lipinski definition) is 7. The van der Waals surface area contributed by atoms with Crippen LogP contribution < -0.4 is 10.1 Å². The van der Waals surface area contributed by atoms with Crippen LogP contribution in [0.5, 0.6) is 5.88 Å². The Kier molecular flexibility index (Phi) is 7.73. The van der Waals surface area contributed by atoms with Gasteiger partial charge in [-0.2, -0.15) is 0 Å². The van der Waals surface area contributed by atoms with Crippen LogP contribution in [-0.2, 0) is 16.1 Å². The van der Waals surface area contributed by atoms with Crippen molar-refractivity contribution in [2.24, 2.45) is 0 Å². The molecule has 0 radical (unpaired) electrons. The normalized spacial score (nSPS) is 11.0. The van der Waals surface area contributed by atoms with Crippen molar-refractivity contribution in [2.45, 2.75) is 13.5 Å². The van der Waals surface area contributed by atoms with Gasteiger partial charge in [-0.05, 0) is 30.7 Å². The molecule has 1 aromatic carbocycles. The van der Waals surface area contributed by atoms with Crippen molar-refractivity contribution in [3.8, 4) is 5.88 Å². The molecule has 2 heterocycles. The molecule has 8 heteroatoms. The van der Waals surface area contributed by atoms with Gasteiger partial charge in [0, 0.05) is 18.5 Å². The Bertz CT molecular complexity index is 1070. The second kappa shape index (κ2) is 10.9. The SMILES string of the molecule is CCOC(=O)C(=CNc1ccc(OCc2ccccc2)nc1)C(=O)c1cccnc1Cl. The molecule has 0 saturated carbocycles. The van der Waals surface area contributed by atoms with E-state index in [-0.39, 0.29) is 22.9 Å². The van der Waals surface area contributed by atoms with Gasteiger partial charge in [0.15, 0.2) is 0 Å². The van der Waals surface area contributed by atoms with Gasteiger partial charge in [0.1, 0.15) is 17.3 Å². The molecule has 2 aromatic heterocycles. The lowest BCUT2D eigenvalue weighted by Gasteiger charge is -2.09. The fourth-order valence-electron chi connectivity index (χ4n) is 2.56. The molecule has 0 amide bonds. The Hall–Kier alpha value is -3.71. The monoisotopic (exact) mass is 437 g/mol. The largest absolute Gasteiger partial charge is 0.473 e. The minimum absolute atomic E-state index is 0.00397. The zero-order chi connectivity index (χ0) is 22.1. The first-order chi connectivity index (χ1) is 15.1. The van der Waals surface area contributed by atoms with Gasteiger partial charge in [-0.25, -0.2) is 14.8 Å². The zero-order valence-electron chi connectivity index (χ0n) is 16.7. The van der Waals surface area contributed by atoms with Crippen LogP contribution in [0.3, 0.4) is 0 Å². The van der Waals surface area contributed by atoms with Crippen LogP contribution in [0.1, 0.15) is 22.8 Å². The van der Waals surface area contributed by atoms with E-state index in [9.17, 15) is 9.59 Å². The lowest BCUT2D eigenvalue weighted by atomic mass is 10.1. The maximum atomic E-state index is 12.8. The smallest absolute Gasteiger partial charge is 0.343 e. The van der Waals surface area contributed by atoms with Gasteiger partial charge in [0.25, 0.3) is 0 Å². The van der Waals surface area contributed by atoms with Crippen LogP contribution >= 0.6 is 11.6 Å². The number of halogens is 1. The highest BCUT2D eigenvalue weighted by molar-refractivity contribution is 6.36. The van der Waals surface area contributed by atoms with E-state index in [4.69, 9.17) is 21.1 Å². The van der Waals surface area contributed by atoms with Gasteiger partial charge in [0.2, 0.25) is 11.7 Å². The summed E-state index contributed by atoms with van der Waals surface area (Å²) in [6, 6.07) is 16.2. The van der Waals surface area contributed by atoms with Crippen molar-refractivity contribution in [2.75, 3.05) is 11.9 Å². The van der Waals surface area contributed by atoms with Gasteiger partial charge in [-0.3, -0.25) is 4.79 Å². The number of benzene rings is 1. The molecule has 0 aliphatic heterocycles. The molecule has 0 spiro atoms. The van der Waals surface area contributed by atoms with Crippen LogP contribution in [-0.4, -0.2) is 28.3 Å². The third-order valence-corrected chi connectivity index (χ3v) is 4.39. The van der Waals surface area contributed by atoms with Crippen LogP contribution in [0.2, 0.25) is 5.15 Å². The summed E-state index contributed by atoms with van der Waals surface area (Å²) in [7, 11) is 0. The van der Waals surface area contributed by atoms with Crippen molar-refractivity contribution < 1.29 is 19.1 Å². The Morgan fingerprint density at radius 3 is 2.55 bits per heavy atom. The molecule has 31 heavy (non-hydrogen) atoms. The molecule has 0 aliphatic rings. The molecular formula is C23H20ClN3O4. The van der Waals surface area contributed by atoms with Crippen LogP contribution in [0, 0.1) is 0 Å². The second-order valence-electron chi connectivity index (χ2n) is 6.25. The predicted octanol–water partition coefficient (Wildman–Crippen LogP) is 4.45. The number of nitrogens with zero attached hydrogens (tertiary/aromatic N) is 2.